The topological polar surface area (TPSA) is 58.2 Å². The number of hydrogen-bond acceptors (Lipinski definition) is 4. The Morgan fingerprint density at radius 3 is 1.38 bits per heavy atom. The Morgan fingerprint density at radius 1 is 0.559 bits per heavy atom. The van der Waals surface area contributed by atoms with E-state index in [1.807, 2.05) is 36.4 Å². The molecule has 4 rings (SSSR count). The maximum absolute atomic E-state index is 12.2. The van der Waals surface area contributed by atoms with Gasteiger partial charge >= 0.3 is 0 Å². The second-order valence-electron chi connectivity index (χ2n) is 9.57. The second kappa shape index (κ2) is 12.4. The van der Waals surface area contributed by atoms with Crippen LogP contribution in [0.25, 0.3) is 0 Å². The molecule has 4 heteroatoms. The number of unbranched alkanes of at least 4 members (excludes halogenated alkanes) is 3. The molecule has 4 nitrogen and oxygen atoms in total. The van der Waals surface area contributed by atoms with Crippen molar-refractivity contribution in [3.05, 3.63) is 95.3 Å². The number of carbonyl (C=O) groups is 2. The van der Waals surface area contributed by atoms with Crippen molar-refractivity contribution in [1.82, 2.24) is 10.6 Å². The molecule has 0 saturated heterocycles. The molecule has 0 fully saturated rings. The molecule has 2 aliphatic rings. The molecule has 0 aromatic heterocycles. The Labute approximate surface area is 203 Å². The molecule has 0 spiro atoms. The number of hydrogen-bond donors (Lipinski definition) is 2. The summed E-state index contributed by atoms with van der Waals surface area (Å²) < 4.78 is 0. The van der Waals surface area contributed by atoms with Gasteiger partial charge in [-0.3, -0.25) is 9.59 Å². The van der Waals surface area contributed by atoms with Gasteiger partial charge in [-0.15, -0.1) is 0 Å². The van der Waals surface area contributed by atoms with Crippen LogP contribution < -0.4 is 10.6 Å². The lowest BCUT2D eigenvalue weighted by Crippen LogP contribution is -2.23. The van der Waals surface area contributed by atoms with E-state index in [1.54, 1.807) is 12.2 Å². The SMILES string of the molecule is O=C1C=C(NCCCCCCNC2=CC(=O)C[C@H](c3ccccc3)C2)C[C@@H](c2ccccc2)C1. The molecule has 0 amide bonds. The molecule has 178 valence electrons. The predicted octanol–water partition coefficient (Wildman–Crippen LogP) is 5.79. The summed E-state index contributed by atoms with van der Waals surface area (Å²) >= 11 is 0. The summed E-state index contributed by atoms with van der Waals surface area (Å²) in [4.78, 5) is 24.3. The van der Waals surface area contributed by atoms with Gasteiger partial charge in [0.05, 0.1) is 0 Å². The van der Waals surface area contributed by atoms with Crippen LogP contribution in [0.5, 0.6) is 0 Å². The fourth-order valence-electron chi connectivity index (χ4n) is 5.05. The van der Waals surface area contributed by atoms with Crippen LogP contribution in [0.2, 0.25) is 0 Å². The molecule has 34 heavy (non-hydrogen) atoms. The lowest BCUT2D eigenvalue weighted by atomic mass is 9.85. The molecule has 0 radical (unpaired) electrons. The summed E-state index contributed by atoms with van der Waals surface area (Å²) in [6, 6.07) is 20.7. The quantitative estimate of drug-likeness (QED) is 0.420. The number of benzene rings is 2. The van der Waals surface area contributed by atoms with Crippen molar-refractivity contribution in [2.45, 2.75) is 63.2 Å². The smallest absolute Gasteiger partial charge is 0.158 e. The van der Waals surface area contributed by atoms with Crippen molar-refractivity contribution in [1.29, 1.82) is 0 Å². The Balaban J connectivity index is 1.10. The fourth-order valence-corrected chi connectivity index (χ4v) is 5.05. The van der Waals surface area contributed by atoms with Gasteiger partial charge in [-0.2, -0.15) is 0 Å². The molecule has 2 aromatic carbocycles. The zero-order valence-corrected chi connectivity index (χ0v) is 20.0. The van der Waals surface area contributed by atoms with Crippen molar-refractivity contribution in [3.8, 4) is 0 Å². The first-order valence-corrected chi connectivity index (χ1v) is 12.7. The van der Waals surface area contributed by atoms with E-state index < -0.39 is 0 Å². The van der Waals surface area contributed by atoms with Gasteiger partial charge in [0, 0.05) is 49.5 Å². The predicted molar refractivity (Wildman–Crippen MR) is 137 cm³/mol. The molecule has 0 unspecified atom stereocenters. The summed E-state index contributed by atoms with van der Waals surface area (Å²) in [5.74, 6) is 1.02. The minimum absolute atomic E-state index is 0.221. The van der Waals surface area contributed by atoms with E-state index in [9.17, 15) is 9.59 Å². The van der Waals surface area contributed by atoms with E-state index in [1.165, 1.54) is 11.1 Å². The average molecular weight is 457 g/mol. The largest absolute Gasteiger partial charge is 0.388 e. The first-order valence-electron chi connectivity index (χ1n) is 12.7. The van der Waals surface area contributed by atoms with Gasteiger partial charge in [0.2, 0.25) is 0 Å². The van der Waals surface area contributed by atoms with Crippen molar-refractivity contribution in [2.75, 3.05) is 13.1 Å². The van der Waals surface area contributed by atoms with Crippen LogP contribution in [0, 0.1) is 0 Å². The third-order valence-electron chi connectivity index (χ3n) is 6.85. The molecular formula is C30H36N2O2. The Bertz CT molecular complexity index is 927. The standard InChI is InChI=1S/C30H36N2O2/c33-29-19-25(23-11-5-3-6-12-23)17-27(21-29)31-15-9-1-2-10-16-32-28-18-26(20-30(34)22-28)24-13-7-4-8-14-24/h3-8,11-14,21-22,25-26,31-32H,1-2,9-10,15-20H2/t25-,26-/m1/s1. The van der Waals surface area contributed by atoms with E-state index in [0.717, 1.165) is 63.0 Å². The number of rotatable bonds is 11. The Morgan fingerprint density at radius 2 is 0.971 bits per heavy atom. The van der Waals surface area contributed by atoms with Gasteiger partial charge in [-0.25, -0.2) is 0 Å². The van der Waals surface area contributed by atoms with Crippen LogP contribution >= 0.6 is 0 Å². The van der Waals surface area contributed by atoms with Gasteiger partial charge in [0.25, 0.3) is 0 Å². The molecular weight excluding hydrogens is 420 g/mol. The number of carbonyl (C=O) groups excluding carboxylic acids is 2. The van der Waals surface area contributed by atoms with Crippen LogP contribution in [-0.4, -0.2) is 24.7 Å². The van der Waals surface area contributed by atoms with Gasteiger partial charge < -0.3 is 10.6 Å². The van der Waals surface area contributed by atoms with E-state index in [2.05, 4.69) is 34.9 Å². The first-order chi connectivity index (χ1) is 16.7. The van der Waals surface area contributed by atoms with E-state index in [4.69, 9.17) is 0 Å². The summed E-state index contributed by atoms with van der Waals surface area (Å²) in [5, 5.41) is 7.00. The van der Waals surface area contributed by atoms with Crippen molar-refractivity contribution in [3.63, 3.8) is 0 Å². The molecule has 0 aliphatic heterocycles. The van der Waals surface area contributed by atoms with Crippen molar-refractivity contribution in [2.24, 2.45) is 0 Å². The maximum atomic E-state index is 12.2. The lowest BCUT2D eigenvalue weighted by Gasteiger charge is -2.23. The average Bonchev–Trinajstić information content (AvgIpc) is 2.86. The third kappa shape index (κ3) is 7.18. The normalized spacial score (nSPS) is 20.5. The zero-order chi connectivity index (χ0) is 23.6. The van der Waals surface area contributed by atoms with Gasteiger partial charge in [0.15, 0.2) is 11.6 Å². The summed E-state index contributed by atoms with van der Waals surface area (Å²) in [5.41, 5.74) is 4.66. The molecule has 2 N–H and O–H groups in total. The van der Waals surface area contributed by atoms with Crippen LogP contribution in [0.3, 0.4) is 0 Å². The van der Waals surface area contributed by atoms with Gasteiger partial charge in [-0.1, -0.05) is 73.5 Å². The van der Waals surface area contributed by atoms with E-state index >= 15 is 0 Å². The zero-order valence-electron chi connectivity index (χ0n) is 20.0. The van der Waals surface area contributed by atoms with Gasteiger partial charge in [-0.05, 0) is 48.6 Å². The summed E-state index contributed by atoms with van der Waals surface area (Å²) in [7, 11) is 0. The summed E-state index contributed by atoms with van der Waals surface area (Å²) in [6.45, 7) is 1.82. The monoisotopic (exact) mass is 456 g/mol. The molecule has 2 atom stereocenters. The minimum Gasteiger partial charge on any atom is -0.388 e. The highest BCUT2D eigenvalue weighted by Gasteiger charge is 2.22. The molecule has 2 aromatic rings. The van der Waals surface area contributed by atoms with Crippen molar-refractivity contribution < 1.29 is 9.59 Å². The van der Waals surface area contributed by atoms with Crippen LogP contribution in [0.4, 0.5) is 0 Å². The molecule has 0 heterocycles. The van der Waals surface area contributed by atoms with Gasteiger partial charge in [0.1, 0.15) is 0 Å². The van der Waals surface area contributed by atoms with E-state index in [-0.39, 0.29) is 23.4 Å². The molecule has 0 bridgehead atoms. The second-order valence-corrected chi connectivity index (χ2v) is 9.57. The number of allylic oxidation sites excluding steroid dienone is 4. The number of ketones is 2. The first kappa shape index (κ1) is 24.0. The van der Waals surface area contributed by atoms with E-state index in [0.29, 0.717) is 12.8 Å². The van der Waals surface area contributed by atoms with Crippen LogP contribution in [0.1, 0.15) is 74.3 Å². The highest BCUT2D eigenvalue weighted by atomic mass is 16.1. The Kier molecular flexibility index (Phi) is 8.72. The lowest BCUT2D eigenvalue weighted by molar-refractivity contribution is -0.116. The molecule has 0 saturated carbocycles. The summed E-state index contributed by atoms with van der Waals surface area (Å²) in [6.07, 6.45) is 11.1. The highest BCUT2D eigenvalue weighted by molar-refractivity contribution is 5.92. The number of nitrogens with one attached hydrogen (secondary N) is 2. The highest BCUT2D eigenvalue weighted by Crippen LogP contribution is 2.31. The minimum atomic E-state index is 0.221. The van der Waals surface area contributed by atoms with Crippen molar-refractivity contribution >= 4 is 11.6 Å². The van der Waals surface area contributed by atoms with Crippen LogP contribution in [-0.2, 0) is 9.59 Å². The third-order valence-corrected chi connectivity index (χ3v) is 6.85. The van der Waals surface area contributed by atoms with Crippen LogP contribution in [0.15, 0.2) is 84.2 Å². The maximum Gasteiger partial charge on any atom is 0.158 e. The fraction of sp³-hybridized carbons (Fsp3) is 0.400. The molecule has 2 aliphatic carbocycles. The Hall–Kier alpha value is -3.14.